The van der Waals surface area contributed by atoms with Crippen LogP contribution in [0.2, 0.25) is 0 Å². The lowest BCUT2D eigenvalue weighted by atomic mass is 10.2. The quantitative estimate of drug-likeness (QED) is 0.744. The van der Waals surface area contributed by atoms with Crippen molar-refractivity contribution in [3.8, 4) is 10.6 Å². The van der Waals surface area contributed by atoms with Gasteiger partial charge >= 0.3 is 0 Å². The molecule has 112 valence electrons. The van der Waals surface area contributed by atoms with Gasteiger partial charge < -0.3 is 4.90 Å². The van der Waals surface area contributed by atoms with E-state index in [1.54, 1.807) is 29.0 Å². The van der Waals surface area contributed by atoms with Gasteiger partial charge in [-0.25, -0.2) is 4.98 Å². The van der Waals surface area contributed by atoms with E-state index in [1.165, 1.54) is 11.3 Å². The van der Waals surface area contributed by atoms with Gasteiger partial charge in [0.2, 0.25) is 0 Å². The van der Waals surface area contributed by atoms with Gasteiger partial charge in [-0.3, -0.25) is 9.48 Å². The Morgan fingerprint density at radius 1 is 1.27 bits per heavy atom. The van der Waals surface area contributed by atoms with Crippen molar-refractivity contribution in [2.75, 3.05) is 7.05 Å². The van der Waals surface area contributed by atoms with Crippen LogP contribution >= 0.6 is 11.3 Å². The van der Waals surface area contributed by atoms with Crippen molar-refractivity contribution in [2.45, 2.75) is 6.54 Å². The van der Waals surface area contributed by atoms with Gasteiger partial charge in [-0.15, -0.1) is 11.3 Å². The summed E-state index contributed by atoms with van der Waals surface area (Å²) in [5, 5.41) is 4.97. The highest BCUT2D eigenvalue weighted by molar-refractivity contribution is 7.16. The molecule has 5 nitrogen and oxygen atoms in total. The van der Waals surface area contributed by atoms with Crippen molar-refractivity contribution in [3.05, 3.63) is 59.4 Å². The first-order valence-corrected chi connectivity index (χ1v) is 7.69. The lowest BCUT2D eigenvalue weighted by Gasteiger charge is -2.14. The monoisotopic (exact) mass is 312 g/mol. The van der Waals surface area contributed by atoms with Crippen LogP contribution in [0.4, 0.5) is 0 Å². The topological polar surface area (TPSA) is 51.0 Å². The molecule has 0 saturated carbocycles. The van der Waals surface area contributed by atoms with E-state index in [1.807, 2.05) is 43.6 Å². The zero-order valence-corrected chi connectivity index (χ0v) is 13.2. The highest BCUT2D eigenvalue weighted by Gasteiger charge is 2.16. The Bertz CT molecular complexity index is 778. The minimum atomic E-state index is -0.0245. The van der Waals surface area contributed by atoms with Crippen LogP contribution < -0.4 is 0 Å². The Morgan fingerprint density at radius 2 is 2.05 bits per heavy atom. The third kappa shape index (κ3) is 3.07. The van der Waals surface area contributed by atoms with Crippen LogP contribution in [0.1, 0.15) is 15.2 Å². The number of aryl methyl sites for hydroxylation is 1. The molecule has 0 aliphatic heterocycles. The summed E-state index contributed by atoms with van der Waals surface area (Å²) in [7, 11) is 3.65. The van der Waals surface area contributed by atoms with Gasteiger partial charge in [0.25, 0.3) is 5.91 Å². The summed E-state index contributed by atoms with van der Waals surface area (Å²) in [6.45, 7) is 0.533. The first-order chi connectivity index (χ1) is 10.6. The molecular formula is C16H16N4OS. The molecule has 0 atom stereocenters. The van der Waals surface area contributed by atoms with Crippen LogP contribution in [0, 0.1) is 0 Å². The average molecular weight is 312 g/mol. The van der Waals surface area contributed by atoms with Crippen molar-refractivity contribution in [3.63, 3.8) is 0 Å². The standard InChI is InChI=1S/C16H16N4OS/c1-19(10-12-8-18-20(2)11-12)16(21)14-9-17-15(22-14)13-6-4-3-5-7-13/h3-9,11H,10H2,1-2H3. The highest BCUT2D eigenvalue weighted by Crippen LogP contribution is 2.25. The van der Waals surface area contributed by atoms with E-state index in [9.17, 15) is 4.79 Å². The molecule has 0 N–H and O–H groups in total. The molecule has 0 unspecified atom stereocenters. The van der Waals surface area contributed by atoms with Gasteiger partial charge in [-0.05, 0) is 0 Å². The maximum Gasteiger partial charge on any atom is 0.265 e. The highest BCUT2D eigenvalue weighted by atomic mass is 32.1. The van der Waals surface area contributed by atoms with Gasteiger partial charge in [0.1, 0.15) is 9.88 Å². The Hall–Kier alpha value is -2.47. The molecular weight excluding hydrogens is 296 g/mol. The minimum absolute atomic E-state index is 0.0245. The van der Waals surface area contributed by atoms with Crippen molar-refractivity contribution in [1.29, 1.82) is 0 Å². The van der Waals surface area contributed by atoms with Crippen LogP contribution in [0.15, 0.2) is 48.9 Å². The summed E-state index contributed by atoms with van der Waals surface area (Å²) in [4.78, 5) is 19.1. The number of carbonyl (C=O) groups excluding carboxylic acids is 1. The van der Waals surface area contributed by atoms with Crippen molar-refractivity contribution < 1.29 is 4.79 Å². The number of benzene rings is 1. The van der Waals surface area contributed by atoms with Gasteiger partial charge in [-0.2, -0.15) is 5.10 Å². The number of amides is 1. The van der Waals surface area contributed by atoms with E-state index < -0.39 is 0 Å². The zero-order valence-electron chi connectivity index (χ0n) is 12.4. The molecule has 0 fully saturated rings. The summed E-state index contributed by atoms with van der Waals surface area (Å²) in [6.07, 6.45) is 5.33. The molecule has 0 aliphatic rings. The van der Waals surface area contributed by atoms with E-state index in [0.717, 1.165) is 16.1 Å². The smallest absolute Gasteiger partial charge is 0.265 e. The second kappa shape index (κ2) is 6.11. The van der Waals surface area contributed by atoms with Gasteiger partial charge in [0.05, 0.1) is 12.4 Å². The molecule has 0 radical (unpaired) electrons. The molecule has 0 saturated heterocycles. The Balaban J connectivity index is 1.74. The van der Waals surface area contributed by atoms with Crippen molar-refractivity contribution in [1.82, 2.24) is 19.7 Å². The zero-order chi connectivity index (χ0) is 15.5. The van der Waals surface area contributed by atoms with Gasteiger partial charge in [-0.1, -0.05) is 30.3 Å². The van der Waals surface area contributed by atoms with Crippen LogP contribution in [-0.2, 0) is 13.6 Å². The molecule has 3 aromatic rings. The lowest BCUT2D eigenvalue weighted by molar-refractivity contribution is 0.0789. The number of thiazole rings is 1. The normalized spacial score (nSPS) is 10.6. The second-order valence-electron chi connectivity index (χ2n) is 5.08. The van der Waals surface area contributed by atoms with Crippen LogP contribution in [0.5, 0.6) is 0 Å². The van der Waals surface area contributed by atoms with E-state index in [0.29, 0.717) is 11.4 Å². The number of rotatable bonds is 4. The molecule has 0 aliphatic carbocycles. The van der Waals surface area contributed by atoms with Crippen LogP contribution in [-0.4, -0.2) is 32.6 Å². The maximum atomic E-state index is 12.5. The van der Waals surface area contributed by atoms with E-state index in [4.69, 9.17) is 0 Å². The SMILES string of the molecule is CN(Cc1cnn(C)c1)C(=O)c1cnc(-c2ccccc2)s1. The van der Waals surface area contributed by atoms with Gasteiger partial charge in [0.15, 0.2) is 0 Å². The summed E-state index contributed by atoms with van der Waals surface area (Å²) < 4.78 is 1.73. The predicted molar refractivity (Wildman–Crippen MR) is 86.6 cm³/mol. The van der Waals surface area contributed by atoms with Crippen LogP contribution in [0.25, 0.3) is 10.6 Å². The Kier molecular flexibility index (Phi) is 4.02. The first-order valence-electron chi connectivity index (χ1n) is 6.88. The van der Waals surface area contributed by atoms with Gasteiger partial charge in [0, 0.05) is 38.0 Å². The third-order valence-electron chi connectivity index (χ3n) is 3.26. The number of hydrogen-bond acceptors (Lipinski definition) is 4. The summed E-state index contributed by atoms with van der Waals surface area (Å²) in [6, 6.07) is 9.88. The molecule has 1 amide bonds. The minimum Gasteiger partial charge on any atom is -0.337 e. The van der Waals surface area contributed by atoms with E-state index in [2.05, 4.69) is 10.1 Å². The summed E-state index contributed by atoms with van der Waals surface area (Å²) >= 11 is 1.42. The lowest BCUT2D eigenvalue weighted by Crippen LogP contribution is -2.25. The molecule has 6 heteroatoms. The molecule has 22 heavy (non-hydrogen) atoms. The summed E-state index contributed by atoms with van der Waals surface area (Å²) in [5.41, 5.74) is 2.03. The fourth-order valence-electron chi connectivity index (χ4n) is 2.17. The van der Waals surface area contributed by atoms with E-state index >= 15 is 0 Å². The number of aromatic nitrogens is 3. The fraction of sp³-hybridized carbons (Fsp3) is 0.188. The predicted octanol–water partition coefficient (Wildman–Crippen LogP) is 2.82. The molecule has 0 bridgehead atoms. The maximum absolute atomic E-state index is 12.5. The average Bonchev–Trinajstić information content (AvgIpc) is 3.17. The largest absolute Gasteiger partial charge is 0.337 e. The molecule has 1 aromatic carbocycles. The molecule has 0 spiro atoms. The number of hydrogen-bond donors (Lipinski definition) is 0. The first kappa shape index (κ1) is 14.5. The molecule has 2 heterocycles. The Labute approximate surface area is 132 Å². The molecule has 3 rings (SSSR count). The fourth-order valence-corrected chi connectivity index (χ4v) is 3.09. The number of nitrogens with zero attached hydrogens (tertiary/aromatic N) is 4. The third-order valence-corrected chi connectivity index (χ3v) is 4.30. The van der Waals surface area contributed by atoms with Crippen LogP contribution in [0.3, 0.4) is 0 Å². The Morgan fingerprint density at radius 3 is 2.73 bits per heavy atom. The van der Waals surface area contributed by atoms with Crippen molar-refractivity contribution in [2.24, 2.45) is 7.05 Å². The number of carbonyl (C=O) groups is 1. The van der Waals surface area contributed by atoms with E-state index in [-0.39, 0.29) is 5.91 Å². The summed E-state index contributed by atoms with van der Waals surface area (Å²) in [5.74, 6) is -0.0245. The second-order valence-corrected chi connectivity index (χ2v) is 6.11. The molecule has 2 aromatic heterocycles. The van der Waals surface area contributed by atoms with Crippen molar-refractivity contribution >= 4 is 17.2 Å².